The number of nitrogens with one attached hydrogen (secondary N) is 2. The Kier molecular flexibility index (Phi) is 3.61. The largest absolute Gasteiger partial charge is 0.353 e. The molecular weight excluding hydrogens is 212 g/mol. The average molecular weight is 232 g/mol. The molecule has 1 aromatic rings. The Bertz CT molecular complexity index is 414. The monoisotopic (exact) mass is 232 g/mol. The van der Waals surface area contributed by atoms with E-state index in [1.54, 1.807) is 7.05 Å². The molecule has 92 valence electrons. The van der Waals surface area contributed by atoms with Crippen molar-refractivity contribution in [2.45, 2.75) is 32.9 Å². The topological polar surface area (TPSA) is 49.3 Å². The number of aromatic nitrogens is 1. The maximum atomic E-state index is 4.44. The van der Waals surface area contributed by atoms with Crippen LogP contribution in [0.3, 0.4) is 0 Å². The van der Waals surface area contributed by atoms with E-state index < -0.39 is 0 Å². The van der Waals surface area contributed by atoms with E-state index >= 15 is 0 Å². The summed E-state index contributed by atoms with van der Waals surface area (Å²) in [5, 5.41) is 6.67. The summed E-state index contributed by atoms with van der Waals surface area (Å²) in [5.41, 5.74) is 2.08. The lowest BCUT2D eigenvalue weighted by Crippen LogP contribution is -2.38. The highest BCUT2D eigenvalue weighted by molar-refractivity contribution is 5.80. The van der Waals surface area contributed by atoms with Crippen LogP contribution >= 0.6 is 0 Å². The minimum absolute atomic E-state index is 0.590. The van der Waals surface area contributed by atoms with Gasteiger partial charge in [0.05, 0.1) is 12.2 Å². The Morgan fingerprint density at radius 3 is 2.88 bits per heavy atom. The number of nitrogens with zero attached hydrogens (tertiary/aromatic N) is 2. The summed E-state index contributed by atoms with van der Waals surface area (Å²) in [6, 6.07) is 6.64. The van der Waals surface area contributed by atoms with Gasteiger partial charge in [-0.15, -0.1) is 0 Å². The zero-order valence-corrected chi connectivity index (χ0v) is 10.7. The zero-order valence-electron chi connectivity index (χ0n) is 10.7. The van der Waals surface area contributed by atoms with Gasteiger partial charge in [0.15, 0.2) is 5.96 Å². The fraction of sp³-hybridized carbons (Fsp3) is 0.538. The molecule has 0 saturated heterocycles. The molecule has 1 saturated carbocycles. The van der Waals surface area contributed by atoms with E-state index in [-0.39, 0.29) is 0 Å². The molecule has 2 unspecified atom stereocenters. The predicted molar refractivity (Wildman–Crippen MR) is 69.9 cm³/mol. The minimum Gasteiger partial charge on any atom is -0.353 e. The predicted octanol–water partition coefficient (Wildman–Crippen LogP) is 1.46. The first-order valence-corrected chi connectivity index (χ1v) is 6.09. The fourth-order valence-corrected chi connectivity index (χ4v) is 1.77. The Morgan fingerprint density at radius 1 is 1.53 bits per heavy atom. The van der Waals surface area contributed by atoms with E-state index in [9.17, 15) is 0 Å². The standard InChI is InChI=1S/C13H20N4/c1-9-7-12(9)17-13(14-3)15-8-11-6-4-5-10(2)16-11/h4-6,9,12H,7-8H2,1-3H3,(H2,14,15,17). The first-order chi connectivity index (χ1) is 8.19. The first kappa shape index (κ1) is 11.9. The van der Waals surface area contributed by atoms with Crippen molar-refractivity contribution in [3.63, 3.8) is 0 Å². The molecule has 1 heterocycles. The molecule has 2 rings (SSSR count). The number of hydrogen-bond donors (Lipinski definition) is 2. The average Bonchev–Trinajstić information content (AvgIpc) is 3.00. The Balaban J connectivity index is 1.83. The number of pyridine rings is 1. The van der Waals surface area contributed by atoms with Crippen LogP contribution in [0.4, 0.5) is 0 Å². The van der Waals surface area contributed by atoms with Gasteiger partial charge in [0.2, 0.25) is 0 Å². The molecule has 4 nitrogen and oxygen atoms in total. The van der Waals surface area contributed by atoms with Crippen LogP contribution in [0.5, 0.6) is 0 Å². The molecule has 0 aliphatic heterocycles. The number of aryl methyl sites for hydroxylation is 1. The van der Waals surface area contributed by atoms with Crippen molar-refractivity contribution in [3.05, 3.63) is 29.6 Å². The second-order valence-corrected chi connectivity index (χ2v) is 4.66. The minimum atomic E-state index is 0.590. The van der Waals surface area contributed by atoms with Crippen LogP contribution in [-0.2, 0) is 6.54 Å². The highest BCUT2D eigenvalue weighted by atomic mass is 15.2. The SMILES string of the molecule is CN=C(NCc1cccc(C)n1)NC1CC1C. The van der Waals surface area contributed by atoms with Gasteiger partial charge in [-0.2, -0.15) is 0 Å². The molecule has 4 heteroatoms. The van der Waals surface area contributed by atoms with Crippen LogP contribution in [0.1, 0.15) is 24.7 Å². The third-order valence-electron chi connectivity index (χ3n) is 3.04. The Morgan fingerprint density at radius 2 is 2.29 bits per heavy atom. The lowest BCUT2D eigenvalue weighted by atomic mass is 10.3. The number of guanidine groups is 1. The third-order valence-corrected chi connectivity index (χ3v) is 3.04. The van der Waals surface area contributed by atoms with Gasteiger partial charge in [0, 0.05) is 18.8 Å². The molecule has 0 spiro atoms. The van der Waals surface area contributed by atoms with E-state index in [4.69, 9.17) is 0 Å². The van der Waals surface area contributed by atoms with Crippen molar-refractivity contribution in [2.24, 2.45) is 10.9 Å². The highest BCUT2D eigenvalue weighted by Crippen LogP contribution is 2.28. The molecule has 2 atom stereocenters. The molecule has 1 fully saturated rings. The molecule has 17 heavy (non-hydrogen) atoms. The maximum absolute atomic E-state index is 4.44. The van der Waals surface area contributed by atoms with Crippen molar-refractivity contribution >= 4 is 5.96 Å². The van der Waals surface area contributed by atoms with Gasteiger partial charge in [-0.05, 0) is 31.4 Å². The molecular formula is C13H20N4. The summed E-state index contributed by atoms with van der Waals surface area (Å²) < 4.78 is 0. The van der Waals surface area contributed by atoms with Crippen molar-refractivity contribution in [1.82, 2.24) is 15.6 Å². The maximum Gasteiger partial charge on any atom is 0.191 e. The second-order valence-electron chi connectivity index (χ2n) is 4.66. The fourth-order valence-electron chi connectivity index (χ4n) is 1.77. The van der Waals surface area contributed by atoms with Gasteiger partial charge in [0.25, 0.3) is 0 Å². The van der Waals surface area contributed by atoms with Crippen LogP contribution in [0, 0.1) is 12.8 Å². The molecule has 1 aliphatic rings. The number of aliphatic imine (C=N–C) groups is 1. The van der Waals surface area contributed by atoms with E-state index in [0.29, 0.717) is 12.6 Å². The van der Waals surface area contributed by atoms with Crippen molar-refractivity contribution in [3.8, 4) is 0 Å². The van der Waals surface area contributed by atoms with Gasteiger partial charge in [-0.1, -0.05) is 13.0 Å². The quantitative estimate of drug-likeness (QED) is 0.613. The summed E-state index contributed by atoms with van der Waals surface area (Å²) >= 11 is 0. The van der Waals surface area contributed by atoms with Gasteiger partial charge in [-0.3, -0.25) is 9.98 Å². The normalized spacial score (nSPS) is 23.4. The van der Waals surface area contributed by atoms with Gasteiger partial charge >= 0.3 is 0 Å². The molecule has 0 amide bonds. The van der Waals surface area contributed by atoms with E-state index in [1.807, 2.05) is 25.1 Å². The summed E-state index contributed by atoms with van der Waals surface area (Å²) in [5.74, 6) is 1.63. The zero-order chi connectivity index (χ0) is 12.3. The second kappa shape index (κ2) is 5.17. The van der Waals surface area contributed by atoms with Gasteiger partial charge in [0.1, 0.15) is 0 Å². The lowest BCUT2D eigenvalue weighted by molar-refractivity contribution is 0.755. The molecule has 0 bridgehead atoms. The first-order valence-electron chi connectivity index (χ1n) is 6.09. The van der Waals surface area contributed by atoms with E-state index in [1.165, 1.54) is 6.42 Å². The molecule has 2 N–H and O–H groups in total. The highest BCUT2D eigenvalue weighted by Gasteiger charge is 2.33. The summed E-state index contributed by atoms with van der Waals surface area (Å²) in [6.07, 6.45) is 1.24. The summed E-state index contributed by atoms with van der Waals surface area (Å²) in [6.45, 7) is 4.96. The van der Waals surface area contributed by atoms with Crippen molar-refractivity contribution in [1.29, 1.82) is 0 Å². The van der Waals surface area contributed by atoms with Crippen LogP contribution in [0.15, 0.2) is 23.2 Å². The van der Waals surface area contributed by atoms with Crippen molar-refractivity contribution in [2.75, 3.05) is 7.05 Å². The molecule has 1 aromatic heterocycles. The van der Waals surface area contributed by atoms with Crippen LogP contribution < -0.4 is 10.6 Å². The lowest BCUT2D eigenvalue weighted by Gasteiger charge is -2.11. The van der Waals surface area contributed by atoms with Crippen LogP contribution in [0.25, 0.3) is 0 Å². The number of hydrogen-bond acceptors (Lipinski definition) is 2. The smallest absolute Gasteiger partial charge is 0.191 e. The van der Waals surface area contributed by atoms with Crippen LogP contribution in [-0.4, -0.2) is 24.0 Å². The van der Waals surface area contributed by atoms with Crippen LogP contribution in [0.2, 0.25) is 0 Å². The number of rotatable bonds is 3. The third kappa shape index (κ3) is 3.44. The van der Waals surface area contributed by atoms with E-state index in [2.05, 4.69) is 27.5 Å². The van der Waals surface area contributed by atoms with E-state index in [0.717, 1.165) is 23.3 Å². The molecule has 0 radical (unpaired) electrons. The molecule has 0 aromatic carbocycles. The summed E-state index contributed by atoms with van der Waals surface area (Å²) in [7, 11) is 1.80. The van der Waals surface area contributed by atoms with Crippen molar-refractivity contribution < 1.29 is 0 Å². The van der Waals surface area contributed by atoms with Gasteiger partial charge in [-0.25, -0.2) is 0 Å². The Hall–Kier alpha value is -1.58. The Labute approximate surface area is 103 Å². The van der Waals surface area contributed by atoms with Gasteiger partial charge < -0.3 is 10.6 Å². The summed E-state index contributed by atoms with van der Waals surface area (Å²) in [4.78, 5) is 8.65. The molecule has 1 aliphatic carbocycles.